The van der Waals surface area contributed by atoms with Gasteiger partial charge in [0.2, 0.25) is 0 Å². The number of carbonyl (C=O) groups is 1. The number of hydrogen-bond acceptors (Lipinski definition) is 5. The Labute approximate surface area is 123 Å². The normalized spacial score (nSPS) is 11.1. The average molecular weight is 304 g/mol. The van der Waals surface area contributed by atoms with Gasteiger partial charge in [-0.05, 0) is 25.5 Å². The molecule has 0 amide bonds. The summed E-state index contributed by atoms with van der Waals surface area (Å²) in [6.45, 7) is 4.01. The van der Waals surface area contributed by atoms with E-state index < -0.39 is 5.97 Å². The van der Waals surface area contributed by atoms with Crippen molar-refractivity contribution in [2.45, 2.75) is 20.4 Å². The van der Waals surface area contributed by atoms with Gasteiger partial charge in [0.1, 0.15) is 16.9 Å². The standard InChI is InChI=1S/C14H12N2O4S/c1-7-8(2)21-12-11(7)13(17)16(6-15-12)4-10-3-9(5-20-10)14(18)19/h3,5-6H,4H2,1-2H3,(H,18,19). The lowest BCUT2D eigenvalue weighted by Gasteiger charge is -2.02. The van der Waals surface area contributed by atoms with Gasteiger partial charge in [-0.15, -0.1) is 11.3 Å². The SMILES string of the molecule is Cc1sc2ncn(Cc3cc(C(=O)O)co3)c(=O)c2c1C. The van der Waals surface area contributed by atoms with E-state index in [-0.39, 0.29) is 17.7 Å². The second-order valence-electron chi connectivity index (χ2n) is 4.75. The van der Waals surface area contributed by atoms with Crippen LogP contribution in [0.4, 0.5) is 0 Å². The number of aromatic carboxylic acids is 1. The Balaban J connectivity index is 2.04. The molecule has 0 saturated heterocycles. The molecule has 0 aromatic carbocycles. The van der Waals surface area contributed by atoms with Crippen LogP contribution in [-0.4, -0.2) is 20.6 Å². The summed E-state index contributed by atoms with van der Waals surface area (Å²) in [5, 5.41) is 9.48. The number of rotatable bonds is 3. The number of furan rings is 1. The van der Waals surface area contributed by atoms with E-state index >= 15 is 0 Å². The maximum atomic E-state index is 12.5. The van der Waals surface area contributed by atoms with E-state index in [1.165, 1.54) is 28.3 Å². The largest absolute Gasteiger partial charge is 0.478 e. The number of nitrogens with zero attached hydrogens (tertiary/aromatic N) is 2. The van der Waals surface area contributed by atoms with Gasteiger partial charge in [0.25, 0.3) is 5.56 Å². The second-order valence-corrected chi connectivity index (χ2v) is 5.95. The third kappa shape index (κ3) is 2.25. The van der Waals surface area contributed by atoms with Gasteiger partial charge in [-0.1, -0.05) is 0 Å². The van der Waals surface area contributed by atoms with E-state index in [1.807, 2.05) is 13.8 Å². The topological polar surface area (TPSA) is 85.3 Å². The zero-order valence-corrected chi connectivity index (χ0v) is 12.2. The molecule has 1 N–H and O–H groups in total. The fourth-order valence-corrected chi connectivity index (χ4v) is 3.11. The summed E-state index contributed by atoms with van der Waals surface area (Å²) in [5.41, 5.74) is 0.859. The number of carboxylic acids is 1. The summed E-state index contributed by atoms with van der Waals surface area (Å²) in [4.78, 5) is 29.4. The first-order chi connectivity index (χ1) is 9.97. The van der Waals surface area contributed by atoms with Crippen LogP contribution in [0.5, 0.6) is 0 Å². The lowest BCUT2D eigenvalue weighted by molar-refractivity contribution is 0.0696. The van der Waals surface area contributed by atoms with Crippen LogP contribution in [-0.2, 0) is 6.54 Å². The lowest BCUT2D eigenvalue weighted by Crippen LogP contribution is -2.20. The zero-order valence-electron chi connectivity index (χ0n) is 11.4. The zero-order chi connectivity index (χ0) is 15.1. The number of fused-ring (bicyclic) bond motifs is 1. The molecule has 0 saturated carbocycles. The molecule has 0 radical (unpaired) electrons. The Morgan fingerprint density at radius 3 is 2.90 bits per heavy atom. The van der Waals surface area contributed by atoms with Crippen LogP contribution in [0.15, 0.2) is 27.9 Å². The van der Waals surface area contributed by atoms with E-state index in [0.717, 1.165) is 21.5 Å². The fraction of sp³-hybridized carbons (Fsp3) is 0.214. The van der Waals surface area contributed by atoms with Crippen LogP contribution in [0.1, 0.15) is 26.6 Å². The van der Waals surface area contributed by atoms with Gasteiger partial charge in [-0.3, -0.25) is 9.36 Å². The van der Waals surface area contributed by atoms with E-state index in [0.29, 0.717) is 11.1 Å². The second kappa shape index (κ2) is 4.85. The Bertz CT molecular complexity index is 903. The Morgan fingerprint density at radius 2 is 2.24 bits per heavy atom. The first-order valence-electron chi connectivity index (χ1n) is 6.23. The van der Waals surface area contributed by atoms with Gasteiger partial charge in [0.05, 0.1) is 23.8 Å². The highest BCUT2D eigenvalue weighted by molar-refractivity contribution is 7.18. The number of carboxylic acid groups (broad SMARTS) is 1. The Morgan fingerprint density at radius 1 is 1.48 bits per heavy atom. The number of aryl methyl sites for hydroxylation is 2. The highest BCUT2D eigenvalue weighted by Crippen LogP contribution is 2.25. The smallest absolute Gasteiger partial charge is 0.338 e. The molecule has 108 valence electrons. The first-order valence-corrected chi connectivity index (χ1v) is 7.05. The van der Waals surface area contributed by atoms with Crippen LogP contribution in [0.3, 0.4) is 0 Å². The van der Waals surface area contributed by atoms with Crippen molar-refractivity contribution in [1.82, 2.24) is 9.55 Å². The van der Waals surface area contributed by atoms with Gasteiger partial charge in [0.15, 0.2) is 0 Å². The molecule has 21 heavy (non-hydrogen) atoms. The minimum Gasteiger partial charge on any atom is -0.478 e. The molecule has 0 spiro atoms. The van der Waals surface area contributed by atoms with Crippen molar-refractivity contribution in [2.24, 2.45) is 0 Å². The molecule has 7 heteroatoms. The summed E-state index contributed by atoms with van der Waals surface area (Å²) >= 11 is 1.49. The Hall–Kier alpha value is -2.41. The van der Waals surface area contributed by atoms with Crippen molar-refractivity contribution in [1.29, 1.82) is 0 Å². The summed E-state index contributed by atoms with van der Waals surface area (Å²) < 4.78 is 6.59. The van der Waals surface area contributed by atoms with Gasteiger partial charge >= 0.3 is 5.97 Å². The summed E-state index contributed by atoms with van der Waals surface area (Å²) in [6, 6.07) is 1.41. The molecule has 3 rings (SSSR count). The van der Waals surface area contributed by atoms with Crippen LogP contribution in [0, 0.1) is 13.8 Å². The van der Waals surface area contributed by atoms with E-state index in [4.69, 9.17) is 9.52 Å². The minimum atomic E-state index is -1.06. The van der Waals surface area contributed by atoms with Crippen molar-refractivity contribution < 1.29 is 14.3 Å². The van der Waals surface area contributed by atoms with Crippen LogP contribution < -0.4 is 5.56 Å². The van der Waals surface area contributed by atoms with Gasteiger partial charge in [0, 0.05) is 4.88 Å². The van der Waals surface area contributed by atoms with E-state index in [2.05, 4.69) is 4.98 Å². The third-order valence-electron chi connectivity index (χ3n) is 3.38. The van der Waals surface area contributed by atoms with E-state index in [1.54, 1.807) is 0 Å². The van der Waals surface area contributed by atoms with E-state index in [9.17, 15) is 9.59 Å². The molecule has 0 bridgehead atoms. The van der Waals surface area contributed by atoms with Gasteiger partial charge in [-0.2, -0.15) is 0 Å². The molecule has 0 atom stereocenters. The molecule has 3 aromatic heterocycles. The van der Waals surface area contributed by atoms with Crippen molar-refractivity contribution >= 4 is 27.5 Å². The molecule has 6 nitrogen and oxygen atoms in total. The van der Waals surface area contributed by atoms with Crippen molar-refractivity contribution in [2.75, 3.05) is 0 Å². The lowest BCUT2D eigenvalue weighted by atomic mass is 10.2. The highest BCUT2D eigenvalue weighted by atomic mass is 32.1. The molecule has 0 aliphatic heterocycles. The highest BCUT2D eigenvalue weighted by Gasteiger charge is 2.14. The fourth-order valence-electron chi connectivity index (χ4n) is 2.13. The molecule has 3 aromatic rings. The number of thiophene rings is 1. The molecule has 0 aliphatic rings. The maximum absolute atomic E-state index is 12.5. The van der Waals surface area contributed by atoms with Crippen molar-refractivity contribution in [3.8, 4) is 0 Å². The van der Waals surface area contributed by atoms with Gasteiger partial charge < -0.3 is 9.52 Å². The van der Waals surface area contributed by atoms with Crippen molar-refractivity contribution in [3.05, 3.63) is 50.8 Å². The maximum Gasteiger partial charge on any atom is 0.338 e. The van der Waals surface area contributed by atoms with Gasteiger partial charge in [-0.25, -0.2) is 9.78 Å². The summed E-state index contributed by atoms with van der Waals surface area (Å²) in [5.74, 6) is -0.657. The summed E-state index contributed by atoms with van der Waals surface area (Å²) in [7, 11) is 0. The van der Waals surface area contributed by atoms with Crippen LogP contribution >= 0.6 is 11.3 Å². The van der Waals surface area contributed by atoms with Crippen LogP contribution in [0.2, 0.25) is 0 Å². The molecule has 3 heterocycles. The predicted molar refractivity (Wildman–Crippen MR) is 78.1 cm³/mol. The molecule has 0 aliphatic carbocycles. The van der Waals surface area contributed by atoms with Crippen LogP contribution in [0.25, 0.3) is 10.2 Å². The molecule has 0 fully saturated rings. The first kappa shape index (κ1) is 13.6. The Kier molecular flexibility index (Phi) is 3.13. The summed E-state index contributed by atoms with van der Waals surface area (Å²) in [6.07, 6.45) is 2.62. The number of aromatic nitrogens is 2. The molecular formula is C14H12N2O4S. The monoisotopic (exact) mass is 304 g/mol. The average Bonchev–Trinajstić information content (AvgIpc) is 3.00. The molecule has 0 unspecified atom stereocenters. The predicted octanol–water partition coefficient (Wildman–Crippen LogP) is 2.41. The quantitative estimate of drug-likeness (QED) is 0.803. The third-order valence-corrected chi connectivity index (χ3v) is 4.50. The molecular weight excluding hydrogens is 292 g/mol. The minimum absolute atomic E-state index is 0.0645. The van der Waals surface area contributed by atoms with Crippen molar-refractivity contribution in [3.63, 3.8) is 0 Å². The number of hydrogen-bond donors (Lipinski definition) is 1.